The van der Waals surface area contributed by atoms with Crippen molar-refractivity contribution >= 4 is 29.1 Å². The van der Waals surface area contributed by atoms with Gasteiger partial charge in [-0.3, -0.25) is 24.3 Å². The number of hydrogen-bond donors (Lipinski definition) is 2. The van der Waals surface area contributed by atoms with Gasteiger partial charge in [-0.25, -0.2) is 4.98 Å². The van der Waals surface area contributed by atoms with E-state index >= 15 is 0 Å². The van der Waals surface area contributed by atoms with E-state index in [9.17, 15) is 14.4 Å². The largest absolute Gasteiger partial charge is 0.497 e. The summed E-state index contributed by atoms with van der Waals surface area (Å²) < 4.78 is 5.29. The second-order valence-corrected chi connectivity index (χ2v) is 8.37. The number of anilines is 2. The second-order valence-electron chi connectivity index (χ2n) is 8.37. The van der Waals surface area contributed by atoms with Gasteiger partial charge in [-0.1, -0.05) is 42.5 Å². The summed E-state index contributed by atoms with van der Waals surface area (Å²) in [5.74, 6) is -0.506. The molecule has 1 heterocycles. The summed E-state index contributed by atoms with van der Waals surface area (Å²) in [5, 5.41) is 5.67. The fourth-order valence-electron chi connectivity index (χ4n) is 3.91. The number of methoxy groups -OCH3 is 1. The number of nitrogens with zero attached hydrogens (tertiary/aromatic N) is 3. The number of aromatic nitrogens is 2. The number of carbonyl (C=O) groups excluding carboxylic acids is 3. The molecule has 0 fully saturated rings. The van der Waals surface area contributed by atoms with Crippen molar-refractivity contribution in [1.82, 2.24) is 15.3 Å². The van der Waals surface area contributed by atoms with Crippen LogP contribution >= 0.6 is 0 Å². The van der Waals surface area contributed by atoms with Crippen LogP contribution in [0.5, 0.6) is 5.75 Å². The van der Waals surface area contributed by atoms with E-state index in [1.165, 1.54) is 30.4 Å². The van der Waals surface area contributed by atoms with E-state index in [0.29, 0.717) is 22.7 Å². The summed E-state index contributed by atoms with van der Waals surface area (Å²) in [6.45, 7) is 1.69. The van der Waals surface area contributed by atoms with Crippen molar-refractivity contribution in [2.24, 2.45) is 0 Å². The fraction of sp³-hybridized carbons (Fsp3) is 0.138. The van der Waals surface area contributed by atoms with Crippen molar-refractivity contribution in [3.05, 3.63) is 114 Å². The number of amides is 3. The Bertz CT molecular complexity index is 1380. The Kier molecular flexibility index (Phi) is 8.40. The van der Waals surface area contributed by atoms with E-state index in [4.69, 9.17) is 4.74 Å². The van der Waals surface area contributed by atoms with Crippen LogP contribution < -0.4 is 20.3 Å². The van der Waals surface area contributed by atoms with Crippen LogP contribution in [0.25, 0.3) is 0 Å². The summed E-state index contributed by atoms with van der Waals surface area (Å²) in [6.07, 6.45) is 4.24. The number of hydrogen-bond acceptors (Lipinski definition) is 6. The van der Waals surface area contributed by atoms with Crippen LogP contribution in [0.2, 0.25) is 0 Å². The minimum atomic E-state index is -1.05. The van der Waals surface area contributed by atoms with Gasteiger partial charge in [0.05, 0.1) is 13.3 Å². The van der Waals surface area contributed by atoms with Gasteiger partial charge < -0.3 is 15.4 Å². The van der Waals surface area contributed by atoms with E-state index in [0.717, 1.165) is 5.56 Å². The van der Waals surface area contributed by atoms with E-state index in [-0.39, 0.29) is 24.1 Å². The van der Waals surface area contributed by atoms with Gasteiger partial charge in [0.2, 0.25) is 11.8 Å². The first kappa shape index (κ1) is 26.0. The molecule has 4 rings (SSSR count). The lowest BCUT2D eigenvalue weighted by Crippen LogP contribution is -2.44. The highest BCUT2D eigenvalue weighted by Crippen LogP contribution is 2.31. The molecule has 3 aromatic carbocycles. The lowest BCUT2D eigenvalue weighted by atomic mass is 10.0. The second kappa shape index (κ2) is 12.3. The summed E-state index contributed by atoms with van der Waals surface area (Å²) in [5.41, 5.74) is 2.56. The first-order chi connectivity index (χ1) is 18.5. The van der Waals surface area contributed by atoms with Crippen LogP contribution in [0.4, 0.5) is 11.4 Å². The van der Waals surface area contributed by atoms with Crippen molar-refractivity contribution < 1.29 is 19.1 Å². The van der Waals surface area contributed by atoms with Gasteiger partial charge in [0.25, 0.3) is 5.91 Å². The molecule has 0 bridgehead atoms. The predicted octanol–water partition coefficient (Wildman–Crippen LogP) is 4.15. The molecule has 0 spiro atoms. The molecule has 0 aliphatic rings. The first-order valence-electron chi connectivity index (χ1n) is 11.9. The molecule has 9 heteroatoms. The molecule has 1 aromatic heterocycles. The minimum Gasteiger partial charge on any atom is -0.497 e. The SMILES string of the molecule is COc1ccc([C@@H](C(=O)NCc2ccccc2)N(C(=O)c2cnccn2)c2ccc(NC(C)=O)cc2)cc1. The van der Waals surface area contributed by atoms with Gasteiger partial charge >= 0.3 is 0 Å². The Balaban J connectivity index is 1.78. The van der Waals surface area contributed by atoms with Crippen LogP contribution in [-0.2, 0) is 16.1 Å². The number of benzene rings is 3. The molecule has 0 aliphatic carbocycles. The monoisotopic (exact) mass is 509 g/mol. The Morgan fingerprint density at radius 1 is 0.921 bits per heavy atom. The van der Waals surface area contributed by atoms with E-state index in [1.54, 1.807) is 55.6 Å². The van der Waals surface area contributed by atoms with Gasteiger partial charge in [0, 0.05) is 37.2 Å². The molecule has 4 aromatic rings. The average Bonchev–Trinajstić information content (AvgIpc) is 2.95. The van der Waals surface area contributed by atoms with Crippen LogP contribution in [0.15, 0.2) is 97.5 Å². The molecule has 0 saturated carbocycles. The molecule has 2 N–H and O–H groups in total. The predicted molar refractivity (Wildman–Crippen MR) is 144 cm³/mol. The lowest BCUT2D eigenvalue weighted by molar-refractivity contribution is -0.122. The molecule has 0 unspecified atom stereocenters. The topological polar surface area (TPSA) is 114 Å². The molecule has 3 amide bonds. The summed E-state index contributed by atoms with van der Waals surface area (Å²) in [6, 6.07) is 22.1. The Hall–Kier alpha value is -5.05. The summed E-state index contributed by atoms with van der Waals surface area (Å²) in [7, 11) is 1.56. The number of carbonyl (C=O) groups is 3. The Morgan fingerprint density at radius 2 is 1.63 bits per heavy atom. The van der Waals surface area contributed by atoms with Gasteiger partial charge in [-0.05, 0) is 47.5 Å². The standard InChI is InChI=1S/C29H27N5O4/c1-20(35)33-23-10-12-24(13-11-23)34(29(37)26-19-30-16-17-31-26)27(22-8-14-25(38-2)15-9-22)28(36)32-18-21-6-4-3-5-7-21/h3-17,19,27H,18H2,1-2H3,(H,32,36)(H,33,35)/t27-/m0/s1. The van der Waals surface area contributed by atoms with Crippen LogP contribution in [0.1, 0.15) is 34.6 Å². The smallest absolute Gasteiger partial charge is 0.279 e. The summed E-state index contributed by atoms with van der Waals surface area (Å²) >= 11 is 0. The maximum Gasteiger partial charge on any atom is 0.279 e. The molecule has 0 aliphatic heterocycles. The molecule has 0 saturated heterocycles. The number of rotatable bonds is 9. The van der Waals surface area contributed by atoms with Crippen LogP contribution in [0, 0.1) is 0 Å². The molecule has 192 valence electrons. The van der Waals surface area contributed by atoms with Gasteiger partial charge in [0.15, 0.2) is 0 Å². The lowest BCUT2D eigenvalue weighted by Gasteiger charge is -2.31. The maximum absolute atomic E-state index is 13.9. The molecular weight excluding hydrogens is 482 g/mol. The Morgan fingerprint density at radius 3 is 2.24 bits per heavy atom. The highest BCUT2D eigenvalue weighted by molar-refractivity contribution is 6.09. The maximum atomic E-state index is 13.9. The van der Waals surface area contributed by atoms with Gasteiger partial charge in [-0.2, -0.15) is 0 Å². The van der Waals surface area contributed by atoms with E-state index in [2.05, 4.69) is 20.6 Å². The zero-order chi connectivity index (χ0) is 26.9. The van der Waals surface area contributed by atoms with Crippen molar-refractivity contribution in [3.63, 3.8) is 0 Å². The highest BCUT2D eigenvalue weighted by Gasteiger charge is 2.34. The third kappa shape index (κ3) is 6.38. The zero-order valence-corrected chi connectivity index (χ0v) is 21.0. The first-order valence-corrected chi connectivity index (χ1v) is 11.9. The third-order valence-electron chi connectivity index (χ3n) is 5.71. The molecular formula is C29H27N5O4. The van der Waals surface area contributed by atoms with E-state index in [1.807, 2.05) is 30.3 Å². The van der Waals surface area contributed by atoms with Gasteiger partial charge in [-0.15, -0.1) is 0 Å². The van der Waals surface area contributed by atoms with E-state index < -0.39 is 11.9 Å². The average molecular weight is 510 g/mol. The fourth-order valence-corrected chi connectivity index (χ4v) is 3.91. The molecule has 1 atom stereocenters. The summed E-state index contributed by atoms with van der Waals surface area (Å²) in [4.78, 5) is 48.8. The van der Waals surface area contributed by atoms with Crippen molar-refractivity contribution in [2.75, 3.05) is 17.3 Å². The van der Waals surface area contributed by atoms with Crippen LogP contribution in [0.3, 0.4) is 0 Å². The highest BCUT2D eigenvalue weighted by atomic mass is 16.5. The van der Waals surface area contributed by atoms with Crippen molar-refractivity contribution in [3.8, 4) is 5.75 Å². The van der Waals surface area contributed by atoms with Crippen molar-refractivity contribution in [1.29, 1.82) is 0 Å². The number of ether oxygens (including phenoxy) is 1. The molecule has 0 radical (unpaired) electrons. The van der Waals surface area contributed by atoms with Crippen molar-refractivity contribution in [2.45, 2.75) is 19.5 Å². The minimum absolute atomic E-state index is 0.0767. The zero-order valence-electron chi connectivity index (χ0n) is 21.0. The van der Waals surface area contributed by atoms with Crippen LogP contribution in [-0.4, -0.2) is 34.8 Å². The quantitative estimate of drug-likeness (QED) is 0.351. The third-order valence-corrected chi connectivity index (χ3v) is 5.71. The molecule has 9 nitrogen and oxygen atoms in total. The molecule has 38 heavy (non-hydrogen) atoms. The number of nitrogens with one attached hydrogen (secondary N) is 2. The Labute approximate surface area is 220 Å². The normalized spacial score (nSPS) is 11.2. The van der Waals surface area contributed by atoms with Gasteiger partial charge in [0.1, 0.15) is 17.5 Å².